The number of nitrogens with one attached hydrogen (secondary N) is 1. The van der Waals surface area contributed by atoms with Crippen molar-refractivity contribution in [3.8, 4) is 17.0 Å². The van der Waals surface area contributed by atoms with Crippen LogP contribution in [-0.4, -0.2) is 23.2 Å². The van der Waals surface area contributed by atoms with Gasteiger partial charge in [-0.2, -0.15) is 5.10 Å². The van der Waals surface area contributed by atoms with Crippen LogP contribution in [0.2, 0.25) is 0 Å². The molecule has 0 aliphatic carbocycles. The van der Waals surface area contributed by atoms with Crippen LogP contribution in [0.1, 0.15) is 10.5 Å². The second-order valence-electron chi connectivity index (χ2n) is 3.35. The van der Waals surface area contributed by atoms with E-state index in [1.165, 1.54) is 0 Å². The molecule has 0 atom stereocenters. The maximum absolute atomic E-state index is 11.0. The van der Waals surface area contributed by atoms with Crippen LogP contribution in [0.3, 0.4) is 0 Å². The minimum atomic E-state index is -0.544. The highest BCUT2D eigenvalue weighted by atomic mass is 79.9. The number of nitrogens with zero attached hydrogens (tertiary/aromatic N) is 1. The molecule has 0 aliphatic heterocycles. The molecule has 1 aromatic carbocycles. The quantitative estimate of drug-likeness (QED) is 0.908. The first-order valence-corrected chi connectivity index (χ1v) is 5.61. The molecule has 3 N–H and O–H groups in total. The van der Waals surface area contributed by atoms with E-state index in [9.17, 15) is 4.79 Å². The van der Waals surface area contributed by atoms with Crippen molar-refractivity contribution < 1.29 is 9.53 Å². The fraction of sp³-hybridized carbons (Fsp3) is 0.0909. The van der Waals surface area contributed by atoms with Crippen molar-refractivity contribution in [1.82, 2.24) is 10.2 Å². The Kier molecular flexibility index (Phi) is 3.14. The molecule has 1 amide bonds. The number of para-hydroxylation sites is 1. The number of aromatic nitrogens is 2. The number of aromatic amines is 1. The van der Waals surface area contributed by atoms with E-state index in [2.05, 4.69) is 26.1 Å². The number of halogens is 1. The van der Waals surface area contributed by atoms with Gasteiger partial charge in [0.1, 0.15) is 11.4 Å². The maximum atomic E-state index is 11.0. The number of benzene rings is 1. The summed E-state index contributed by atoms with van der Waals surface area (Å²) in [5.74, 6) is 0.118. The third-order valence-corrected chi connectivity index (χ3v) is 2.91. The zero-order valence-electron chi connectivity index (χ0n) is 9.03. The first-order valence-electron chi connectivity index (χ1n) is 4.81. The summed E-state index contributed by atoms with van der Waals surface area (Å²) in [7, 11) is 1.57. The lowest BCUT2D eigenvalue weighted by molar-refractivity contribution is 0.0995. The molecule has 0 radical (unpaired) electrons. The number of rotatable bonds is 3. The van der Waals surface area contributed by atoms with Crippen molar-refractivity contribution in [3.63, 3.8) is 0 Å². The number of hydrogen-bond acceptors (Lipinski definition) is 3. The summed E-state index contributed by atoms with van der Waals surface area (Å²) in [4.78, 5) is 11.0. The smallest absolute Gasteiger partial charge is 0.266 e. The number of H-pyrrole nitrogens is 1. The monoisotopic (exact) mass is 295 g/mol. The molecule has 0 saturated heterocycles. The first-order chi connectivity index (χ1) is 8.13. The SMILES string of the molecule is COc1c(Br)cccc1-c1cc(C(N)=O)[nH]n1. The van der Waals surface area contributed by atoms with E-state index in [1.807, 2.05) is 18.2 Å². The highest BCUT2D eigenvalue weighted by molar-refractivity contribution is 9.10. The molecule has 2 aromatic rings. The molecule has 0 bridgehead atoms. The Morgan fingerprint density at radius 2 is 2.29 bits per heavy atom. The Balaban J connectivity index is 2.52. The van der Waals surface area contributed by atoms with Gasteiger partial charge >= 0.3 is 0 Å². The molecule has 0 saturated carbocycles. The summed E-state index contributed by atoms with van der Waals surface area (Å²) in [6.07, 6.45) is 0. The van der Waals surface area contributed by atoms with E-state index in [-0.39, 0.29) is 5.69 Å². The lowest BCUT2D eigenvalue weighted by Gasteiger charge is -2.07. The number of carbonyl (C=O) groups is 1. The standard InChI is InChI=1S/C11H10BrN3O2/c1-17-10-6(3-2-4-7(10)12)8-5-9(11(13)16)15-14-8/h2-5H,1H3,(H2,13,16)(H,14,15). The van der Waals surface area contributed by atoms with Gasteiger partial charge in [0.05, 0.1) is 17.3 Å². The van der Waals surface area contributed by atoms with Gasteiger partial charge in [0.25, 0.3) is 5.91 Å². The fourth-order valence-electron chi connectivity index (χ4n) is 1.50. The highest BCUT2D eigenvalue weighted by Crippen LogP contribution is 2.35. The van der Waals surface area contributed by atoms with Crippen LogP contribution in [0.15, 0.2) is 28.7 Å². The Hall–Kier alpha value is -1.82. The zero-order chi connectivity index (χ0) is 12.4. The van der Waals surface area contributed by atoms with Crippen molar-refractivity contribution >= 4 is 21.8 Å². The van der Waals surface area contributed by atoms with Crippen LogP contribution in [0.25, 0.3) is 11.3 Å². The number of nitrogens with two attached hydrogens (primary N) is 1. The minimum Gasteiger partial charge on any atom is -0.495 e. The molecular formula is C11H10BrN3O2. The molecular weight excluding hydrogens is 286 g/mol. The van der Waals surface area contributed by atoms with E-state index in [1.54, 1.807) is 13.2 Å². The molecule has 17 heavy (non-hydrogen) atoms. The summed E-state index contributed by atoms with van der Waals surface area (Å²) in [6.45, 7) is 0. The van der Waals surface area contributed by atoms with Crippen molar-refractivity contribution in [3.05, 3.63) is 34.4 Å². The molecule has 2 rings (SSSR count). The number of primary amides is 1. The number of hydrogen-bond donors (Lipinski definition) is 2. The van der Waals surface area contributed by atoms with E-state index >= 15 is 0 Å². The Morgan fingerprint density at radius 3 is 2.88 bits per heavy atom. The van der Waals surface area contributed by atoms with Gasteiger partial charge in [0.15, 0.2) is 0 Å². The van der Waals surface area contributed by atoms with Gasteiger partial charge in [0.2, 0.25) is 0 Å². The Labute approximate surface area is 106 Å². The average Bonchev–Trinajstić information content (AvgIpc) is 2.77. The van der Waals surface area contributed by atoms with Gasteiger partial charge in [-0.1, -0.05) is 6.07 Å². The topological polar surface area (TPSA) is 81.0 Å². The Morgan fingerprint density at radius 1 is 1.53 bits per heavy atom. The number of carbonyl (C=O) groups excluding carboxylic acids is 1. The average molecular weight is 296 g/mol. The molecule has 5 nitrogen and oxygen atoms in total. The third-order valence-electron chi connectivity index (χ3n) is 2.29. The fourth-order valence-corrected chi connectivity index (χ4v) is 2.03. The van der Waals surface area contributed by atoms with Gasteiger partial charge in [-0.3, -0.25) is 9.89 Å². The van der Waals surface area contributed by atoms with Crippen molar-refractivity contribution in [2.45, 2.75) is 0 Å². The highest BCUT2D eigenvalue weighted by Gasteiger charge is 2.13. The minimum absolute atomic E-state index is 0.266. The van der Waals surface area contributed by atoms with Crippen molar-refractivity contribution in [2.24, 2.45) is 5.73 Å². The maximum Gasteiger partial charge on any atom is 0.266 e. The van der Waals surface area contributed by atoms with Gasteiger partial charge in [-0.25, -0.2) is 0 Å². The van der Waals surface area contributed by atoms with E-state index in [0.717, 1.165) is 10.0 Å². The van der Waals surface area contributed by atoms with Crippen LogP contribution in [0.5, 0.6) is 5.75 Å². The third kappa shape index (κ3) is 2.16. The molecule has 88 valence electrons. The molecule has 0 fully saturated rings. The first kappa shape index (κ1) is 11.7. The molecule has 0 spiro atoms. The number of ether oxygens (including phenoxy) is 1. The second-order valence-corrected chi connectivity index (χ2v) is 4.21. The van der Waals surface area contributed by atoms with Crippen LogP contribution in [0.4, 0.5) is 0 Å². The van der Waals surface area contributed by atoms with E-state index < -0.39 is 5.91 Å². The lowest BCUT2D eigenvalue weighted by Crippen LogP contribution is -2.10. The van der Waals surface area contributed by atoms with Crippen LogP contribution in [-0.2, 0) is 0 Å². The summed E-state index contributed by atoms with van der Waals surface area (Å²) in [5, 5.41) is 6.61. The van der Waals surface area contributed by atoms with Crippen LogP contribution < -0.4 is 10.5 Å². The van der Waals surface area contributed by atoms with Crippen molar-refractivity contribution in [1.29, 1.82) is 0 Å². The van der Waals surface area contributed by atoms with E-state index in [4.69, 9.17) is 10.5 Å². The molecule has 6 heteroatoms. The number of methoxy groups -OCH3 is 1. The number of amides is 1. The molecule has 0 unspecified atom stereocenters. The predicted octanol–water partition coefficient (Wildman–Crippen LogP) is 1.95. The largest absolute Gasteiger partial charge is 0.495 e. The Bertz CT molecular complexity index is 566. The molecule has 1 heterocycles. The summed E-state index contributed by atoms with van der Waals surface area (Å²) in [5.41, 5.74) is 6.81. The lowest BCUT2D eigenvalue weighted by atomic mass is 10.1. The zero-order valence-corrected chi connectivity index (χ0v) is 10.6. The summed E-state index contributed by atoms with van der Waals surface area (Å²) < 4.78 is 6.10. The normalized spacial score (nSPS) is 10.2. The second kappa shape index (κ2) is 4.58. The predicted molar refractivity (Wildman–Crippen MR) is 66.8 cm³/mol. The van der Waals surface area contributed by atoms with Gasteiger partial charge in [-0.05, 0) is 34.1 Å². The molecule has 1 aromatic heterocycles. The van der Waals surface area contributed by atoms with Crippen LogP contribution in [0, 0.1) is 0 Å². The van der Waals surface area contributed by atoms with Crippen molar-refractivity contribution in [2.75, 3.05) is 7.11 Å². The van der Waals surface area contributed by atoms with Gasteiger partial charge in [-0.15, -0.1) is 0 Å². The van der Waals surface area contributed by atoms with E-state index in [0.29, 0.717) is 11.4 Å². The molecule has 0 aliphatic rings. The van der Waals surface area contributed by atoms with Gasteiger partial charge in [0, 0.05) is 5.56 Å². The van der Waals surface area contributed by atoms with Gasteiger partial charge < -0.3 is 10.5 Å². The summed E-state index contributed by atoms with van der Waals surface area (Å²) in [6, 6.07) is 7.17. The summed E-state index contributed by atoms with van der Waals surface area (Å²) >= 11 is 3.39. The van der Waals surface area contributed by atoms with Crippen LogP contribution >= 0.6 is 15.9 Å².